The van der Waals surface area contributed by atoms with Crippen LogP contribution in [0.15, 0.2) is 81.5 Å². The molecule has 0 aliphatic rings. The van der Waals surface area contributed by atoms with Crippen LogP contribution in [-0.2, 0) is 16.3 Å². The number of hydrogen-bond acceptors (Lipinski definition) is 7. The lowest BCUT2D eigenvalue weighted by molar-refractivity contribution is 0.425. The van der Waals surface area contributed by atoms with E-state index in [1.54, 1.807) is 50.3 Å². The highest BCUT2D eigenvalue weighted by Crippen LogP contribution is 2.30. The zero-order valence-corrected chi connectivity index (χ0v) is 23.0. The van der Waals surface area contributed by atoms with Gasteiger partial charge in [-0.2, -0.15) is 14.6 Å². The van der Waals surface area contributed by atoms with E-state index in [0.29, 0.717) is 46.4 Å². The van der Waals surface area contributed by atoms with Crippen LogP contribution >= 0.6 is 0 Å². The number of nitrogens with zero attached hydrogens (tertiary/aromatic N) is 4. The van der Waals surface area contributed by atoms with Crippen molar-refractivity contribution in [3.05, 3.63) is 106 Å². The summed E-state index contributed by atoms with van der Waals surface area (Å²) in [6, 6.07) is 15.8. The maximum atomic E-state index is 14.0. The molecule has 0 saturated heterocycles. The highest BCUT2D eigenvalue weighted by atomic mass is 32.2. The largest absolute Gasteiger partial charge is 0.492 e. The summed E-state index contributed by atoms with van der Waals surface area (Å²) in [5, 5.41) is 20.1. The third kappa shape index (κ3) is 5.28. The van der Waals surface area contributed by atoms with Crippen LogP contribution in [0.25, 0.3) is 16.8 Å². The molecular weight excluding hydrogens is 531 g/mol. The first-order chi connectivity index (χ1) is 19.1. The van der Waals surface area contributed by atoms with Crippen molar-refractivity contribution in [3.8, 4) is 23.1 Å². The highest BCUT2D eigenvalue weighted by molar-refractivity contribution is 7.91. The molecule has 10 heteroatoms. The van der Waals surface area contributed by atoms with E-state index in [1.165, 1.54) is 35.0 Å². The van der Waals surface area contributed by atoms with Gasteiger partial charge in [0.15, 0.2) is 4.90 Å². The molecule has 0 fully saturated rings. The van der Waals surface area contributed by atoms with Crippen LogP contribution in [0.2, 0.25) is 0 Å². The van der Waals surface area contributed by atoms with E-state index in [2.05, 4.69) is 16.0 Å². The third-order valence-corrected chi connectivity index (χ3v) is 8.32. The zero-order chi connectivity index (χ0) is 29.0. The highest BCUT2D eigenvalue weighted by Gasteiger charge is 2.30. The fraction of sp³-hybridized carbons (Fsp3) is 0.200. The van der Waals surface area contributed by atoms with Crippen LogP contribution in [0.3, 0.4) is 0 Å². The lowest BCUT2D eigenvalue weighted by atomic mass is 10.0. The SMILES string of the molecule is C/C=C(/c1cccc(C#N)c1)n1c(CCCC)nc(O)c(S(=O)(=O)c2ccc(-c3ccnc(F)c3C)cc2)c1=O. The number of nitriles is 1. The number of aryl methyl sites for hydroxylation is 1. The molecule has 4 aromatic rings. The van der Waals surface area contributed by atoms with Crippen molar-refractivity contribution in [2.45, 2.75) is 49.8 Å². The Morgan fingerprint density at radius 3 is 2.55 bits per heavy atom. The van der Waals surface area contributed by atoms with Gasteiger partial charge in [0, 0.05) is 18.2 Å². The number of aromatic nitrogens is 3. The second-order valence-electron chi connectivity index (χ2n) is 9.09. The molecule has 2 heterocycles. The van der Waals surface area contributed by atoms with Gasteiger partial charge in [0.1, 0.15) is 5.82 Å². The predicted molar refractivity (Wildman–Crippen MR) is 149 cm³/mol. The molecule has 2 aromatic carbocycles. The number of benzene rings is 2. The van der Waals surface area contributed by atoms with Gasteiger partial charge >= 0.3 is 0 Å². The normalized spacial score (nSPS) is 11.8. The first-order valence-electron chi connectivity index (χ1n) is 12.6. The summed E-state index contributed by atoms with van der Waals surface area (Å²) >= 11 is 0. The van der Waals surface area contributed by atoms with Gasteiger partial charge in [0.05, 0.1) is 22.2 Å². The summed E-state index contributed by atoms with van der Waals surface area (Å²) in [5.74, 6) is -1.32. The van der Waals surface area contributed by atoms with Gasteiger partial charge < -0.3 is 5.11 Å². The minimum absolute atomic E-state index is 0.198. The van der Waals surface area contributed by atoms with Gasteiger partial charge in [0.25, 0.3) is 5.56 Å². The molecule has 204 valence electrons. The Labute approximate surface area is 231 Å². The summed E-state index contributed by atoms with van der Waals surface area (Å²) in [5.41, 5.74) is 1.67. The van der Waals surface area contributed by atoms with Gasteiger partial charge in [0.2, 0.25) is 21.7 Å². The van der Waals surface area contributed by atoms with E-state index in [-0.39, 0.29) is 10.7 Å². The minimum Gasteiger partial charge on any atom is -0.492 e. The predicted octanol–water partition coefficient (Wildman–Crippen LogP) is 5.41. The maximum absolute atomic E-state index is 14.0. The molecule has 40 heavy (non-hydrogen) atoms. The van der Waals surface area contributed by atoms with Crippen LogP contribution in [0.4, 0.5) is 4.39 Å². The van der Waals surface area contributed by atoms with Crippen LogP contribution in [0.5, 0.6) is 5.88 Å². The van der Waals surface area contributed by atoms with Gasteiger partial charge in [-0.15, -0.1) is 0 Å². The summed E-state index contributed by atoms with van der Waals surface area (Å²) in [4.78, 5) is 20.6. The van der Waals surface area contributed by atoms with E-state index in [9.17, 15) is 28.0 Å². The van der Waals surface area contributed by atoms with Crippen molar-refractivity contribution in [2.24, 2.45) is 0 Å². The van der Waals surface area contributed by atoms with Crippen molar-refractivity contribution in [3.63, 3.8) is 0 Å². The average Bonchev–Trinajstić information content (AvgIpc) is 2.95. The molecule has 0 atom stereocenters. The summed E-state index contributed by atoms with van der Waals surface area (Å²) in [7, 11) is -4.53. The Bertz CT molecular complexity index is 1820. The van der Waals surface area contributed by atoms with Gasteiger partial charge in [-0.05, 0) is 67.3 Å². The summed E-state index contributed by atoms with van der Waals surface area (Å²) < 4.78 is 42.6. The van der Waals surface area contributed by atoms with E-state index in [4.69, 9.17) is 0 Å². The Kier molecular flexibility index (Phi) is 8.26. The molecule has 0 aliphatic carbocycles. The lowest BCUT2D eigenvalue weighted by Crippen LogP contribution is -2.30. The van der Waals surface area contributed by atoms with Crippen molar-refractivity contribution in [1.29, 1.82) is 5.26 Å². The van der Waals surface area contributed by atoms with Crippen molar-refractivity contribution >= 4 is 15.5 Å². The topological polar surface area (TPSA) is 126 Å². The Hall–Kier alpha value is -4.62. The van der Waals surface area contributed by atoms with Gasteiger partial charge in [-0.25, -0.2) is 13.4 Å². The third-order valence-electron chi connectivity index (χ3n) is 6.54. The first kappa shape index (κ1) is 28.4. The van der Waals surface area contributed by atoms with E-state index in [1.807, 2.05) is 6.92 Å². The first-order valence-corrected chi connectivity index (χ1v) is 14.1. The number of unbranched alkanes of at least 4 members (excludes halogenated alkanes) is 1. The van der Waals surface area contributed by atoms with Gasteiger partial charge in [-0.3, -0.25) is 9.36 Å². The number of pyridine rings is 1. The maximum Gasteiger partial charge on any atom is 0.281 e. The average molecular weight is 559 g/mol. The molecule has 0 bridgehead atoms. The fourth-order valence-corrected chi connectivity index (χ4v) is 5.79. The smallest absolute Gasteiger partial charge is 0.281 e. The second-order valence-corrected chi connectivity index (χ2v) is 11.0. The molecule has 4 rings (SSSR count). The quantitative estimate of drug-likeness (QED) is 0.286. The number of aromatic hydroxyl groups is 1. The molecule has 0 saturated carbocycles. The van der Waals surface area contributed by atoms with Crippen LogP contribution in [0, 0.1) is 24.2 Å². The van der Waals surface area contributed by atoms with Crippen LogP contribution in [0.1, 0.15) is 49.2 Å². The van der Waals surface area contributed by atoms with Crippen molar-refractivity contribution < 1.29 is 17.9 Å². The van der Waals surface area contributed by atoms with Crippen LogP contribution in [-0.4, -0.2) is 28.1 Å². The van der Waals surface area contributed by atoms with E-state index >= 15 is 0 Å². The molecule has 2 aromatic heterocycles. The molecular formula is C30H27FN4O4S. The Morgan fingerprint density at radius 2 is 1.90 bits per heavy atom. The number of sulfone groups is 1. The van der Waals surface area contributed by atoms with Crippen molar-refractivity contribution in [2.75, 3.05) is 0 Å². The summed E-state index contributed by atoms with van der Waals surface area (Å²) in [6.45, 7) is 5.22. The molecule has 8 nitrogen and oxygen atoms in total. The molecule has 0 spiro atoms. The molecule has 1 N–H and O–H groups in total. The standard InChI is InChI=1S/C30H27FN4O4S/c1-4-6-10-26-34-29(36)27(30(37)35(26)25(5-2)22-9-7-8-20(17-22)18-32)40(38,39)23-13-11-21(12-14-23)24-15-16-33-28(31)19(24)3/h5,7-9,11-17,36H,4,6,10H2,1-3H3/b25-5-. The lowest BCUT2D eigenvalue weighted by Gasteiger charge is -2.18. The number of hydrogen-bond donors (Lipinski definition) is 1. The second kappa shape index (κ2) is 11.6. The van der Waals surface area contributed by atoms with Crippen molar-refractivity contribution in [1.82, 2.24) is 14.5 Å². The minimum atomic E-state index is -4.53. The number of rotatable bonds is 8. The fourth-order valence-electron chi connectivity index (χ4n) is 4.45. The van der Waals surface area contributed by atoms with E-state index < -0.39 is 32.1 Å². The van der Waals surface area contributed by atoms with E-state index in [0.717, 1.165) is 6.42 Å². The number of allylic oxidation sites excluding steroid dienone is 1. The molecule has 0 aliphatic heterocycles. The summed E-state index contributed by atoms with van der Waals surface area (Å²) in [6.07, 6.45) is 4.68. The van der Waals surface area contributed by atoms with Crippen LogP contribution < -0.4 is 5.56 Å². The zero-order valence-electron chi connectivity index (χ0n) is 22.2. The Morgan fingerprint density at radius 1 is 1.18 bits per heavy atom. The monoisotopic (exact) mass is 558 g/mol. The molecule has 0 radical (unpaired) electrons. The van der Waals surface area contributed by atoms with Gasteiger partial charge in [-0.1, -0.05) is 43.7 Å². The molecule has 0 amide bonds. The number of halogens is 1. The Balaban J connectivity index is 1.89. The molecule has 0 unspecified atom stereocenters.